The van der Waals surface area contributed by atoms with E-state index in [0.717, 1.165) is 0 Å². The van der Waals surface area contributed by atoms with Crippen LogP contribution in [0.5, 0.6) is 0 Å². The first-order valence-electron chi connectivity index (χ1n) is 6.19. The average Bonchev–Trinajstić information content (AvgIpc) is 2.83. The van der Waals surface area contributed by atoms with Crippen molar-refractivity contribution in [3.63, 3.8) is 0 Å². The lowest BCUT2D eigenvalue weighted by Gasteiger charge is -2.29. The van der Waals surface area contributed by atoms with Crippen molar-refractivity contribution < 1.29 is 13.6 Å². The zero-order valence-electron chi connectivity index (χ0n) is 10.5. The first-order chi connectivity index (χ1) is 9.63. The summed E-state index contributed by atoms with van der Waals surface area (Å²) >= 11 is 0. The molecule has 1 fully saturated rings. The van der Waals surface area contributed by atoms with Crippen molar-refractivity contribution >= 4 is 6.03 Å². The molecule has 1 aliphatic heterocycles. The minimum Gasteiger partial charge on any atom is -0.335 e. The molecule has 0 atom stereocenters. The van der Waals surface area contributed by atoms with E-state index in [2.05, 4.69) is 10.6 Å². The molecular weight excluding hydrogens is 262 g/mol. The van der Waals surface area contributed by atoms with E-state index in [1.165, 1.54) is 12.1 Å². The van der Waals surface area contributed by atoms with Gasteiger partial charge in [0, 0.05) is 11.1 Å². The van der Waals surface area contributed by atoms with Crippen molar-refractivity contribution in [2.24, 2.45) is 0 Å². The Balaban J connectivity index is 2.24. The van der Waals surface area contributed by atoms with Crippen LogP contribution in [0.1, 0.15) is 11.1 Å². The van der Waals surface area contributed by atoms with E-state index in [1.807, 2.05) is 0 Å². The van der Waals surface area contributed by atoms with Crippen molar-refractivity contribution in [2.75, 3.05) is 6.54 Å². The largest absolute Gasteiger partial charge is 0.335 e. The van der Waals surface area contributed by atoms with E-state index in [0.29, 0.717) is 0 Å². The number of carbonyl (C=O) groups is 1. The van der Waals surface area contributed by atoms with E-state index in [9.17, 15) is 13.6 Å². The lowest BCUT2D eigenvalue weighted by molar-refractivity contribution is 0.245. The topological polar surface area (TPSA) is 41.1 Å². The van der Waals surface area contributed by atoms with Gasteiger partial charge < -0.3 is 10.6 Å². The third kappa shape index (κ3) is 1.82. The van der Waals surface area contributed by atoms with Gasteiger partial charge in [-0.3, -0.25) is 0 Å². The Kier molecular flexibility index (Phi) is 2.89. The first-order valence-corrected chi connectivity index (χ1v) is 6.19. The number of hydrogen-bond donors (Lipinski definition) is 2. The summed E-state index contributed by atoms with van der Waals surface area (Å²) in [5, 5.41) is 5.23. The minimum atomic E-state index is -1.23. The molecule has 2 aromatic carbocycles. The Labute approximate surface area is 114 Å². The summed E-state index contributed by atoms with van der Waals surface area (Å²) in [6.45, 7) is 0.0910. The Morgan fingerprint density at radius 2 is 1.40 bits per heavy atom. The van der Waals surface area contributed by atoms with Gasteiger partial charge in [0.2, 0.25) is 0 Å². The standard InChI is InChI=1S/C15H12F2N2O/c16-12-7-3-1-5-10(12)15(9-18-14(20)19-15)11-6-2-4-8-13(11)17/h1-8H,9H2,(H2,18,19,20). The molecule has 1 heterocycles. The fourth-order valence-corrected chi connectivity index (χ4v) is 2.58. The molecule has 2 aromatic rings. The van der Waals surface area contributed by atoms with Crippen LogP contribution in [0.4, 0.5) is 13.6 Å². The summed E-state index contributed by atoms with van der Waals surface area (Å²) in [6, 6.07) is 11.7. The number of urea groups is 1. The van der Waals surface area contributed by atoms with Gasteiger partial charge in [0.15, 0.2) is 0 Å². The molecule has 20 heavy (non-hydrogen) atoms. The maximum Gasteiger partial charge on any atom is 0.315 e. The van der Waals surface area contributed by atoms with Gasteiger partial charge in [-0.05, 0) is 12.1 Å². The van der Waals surface area contributed by atoms with Crippen LogP contribution in [0.25, 0.3) is 0 Å². The van der Waals surface area contributed by atoms with Gasteiger partial charge in [-0.1, -0.05) is 36.4 Å². The molecule has 0 unspecified atom stereocenters. The lowest BCUT2D eigenvalue weighted by atomic mass is 9.83. The van der Waals surface area contributed by atoms with Gasteiger partial charge in [0.1, 0.15) is 17.2 Å². The van der Waals surface area contributed by atoms with E-state index in [1.54, 1.807) is 36.4 Å². The van der Waals surface area contributed by atoms with Crippen LogP contribution in [0.2, 0.25) is 0 Å². The molecule has 3 rings (SSSR count). The van der Waals surface area contributed by atoms with Crippen LogP contribution in [-0.4, -0.2) is 12.6 Å². The zero-order valence-corrected chi connectivity index (χ0v) is 10.5. The van der Waals surface area contributed by atoms with Crippen molar-refractivity contribution in [2.45, 2.75) is 5.54 Å². The molecule has 0 aromatic heterocycles. The second-order valence-electron chi connectivity index (χ2n) is 4.67. The maximum absolute atomic E-state index is 14.1. The second-order valence-corrected chi connectivity index (χ2v) is 4.67. The number of benzene rings is 2. The van der Waals surface area contributed by atoms with Crippen molar-refractivity contribution in [1.82, 2.24) is 10.6 Å². The second kappa shape index (κ2) is 4.59. The highest BCUT2D eigenvalue weighted by Crippen LogP contribution is 2.34. The van der Waals surface area contributed by atoms with Crippen LogP contribution < -0.4 is 10.6 Å². The predicted octanol–water partition coefficient (Wildman–Crippen LogP) is 2.52. The summed E-state index contributed by atoms with van der Waals surface area (Å²) in [5.41, 5.74) is -0.750. The van der Waals surface area contributed by atoms with Gasteiger partial charge in [-0.15, -0.1) is 0 Å². The molecule has 1 aliphatic rings. The van der Waals surface area contributed by atoms with E-state index in [-0.39, 0.29) is 17.7 Å². The number of carbonyl (C=O) groups excluding carboxylic acids is 1. The molecule has 2 amide bonds. The van der Waals surface area contributed by atoms with Crippen molar-refractivity contribution in [3.8, 4) is 0 Å². The predicted molar refractivity (Wildman–Crippen MR) is 70.1 cm³/mol. The van der Waals surface area contributed by atoms with Crippen LogP contribution in [0, 0.1) is 11.6 Å². The summed E-state index contributed by atoms with van der Waals surface area (Å²) < 4.78 is 28.3. The number of nitrogens with one attached hydrogen (secondary N) is 2. The highest BCUT2D eigenvalue weighted by Gasteiger charge is 2.44. The molecule has 3 nitrogen and oxygen atoms in total. The Morgan fingerprint density at radius 3 is 1.80 bits per heavy atom. The van der Waals surface area contributed by atoms with Crippen molar-refractivity contribution in [3.05, 3.63) is 71.3 Å². The molecule has 2 N–H and O–H groups in total. The Morgan fingerprint density at radius 1 is 0.900 bits per heavy atom. The molecule has 0 radical (unpaired) electrons. The molecule has 0 bridgehead atoms. The highest BCUT2D eigenvalue weighted by atomic mass is 19.1. The van der Waals surface area contributed by atoms with Crippen LogP contribution >= 0.6 is 0 Å². The number of halogens is 2. The fraction of sp³-hybridized carbons (Fsp3) is 0.133. The minimum absolute atomic E-state index is 0.0910. The third-order valence-electron chi connectivity index (χ3n) is 3.51. The van der Waals surface area contributed by atoms with Crippen LogP contribution in [0.3, 0.4) is 0 Å². The number of amides is 2. The SMILES string of the molecule is O=C1NCC(c2ccccc2F)(c2ccccc2F)N1. The highest BCUT2D eigenvalue weighted by molar-refractivity contribution is 5.79. The summed E-state index contributed by atoms with van der Waals surface area (Å²) in [5.74, 6) is -0.973. The summed E-state index contributed by atoms with van der Waals surface area (Å²) in [4.78, 5) is 11.6. The molecule has 0 aliphatic carbocycles. The van der Waals surface area contributed by atoms with Crippen molar-refractivity contribution in [1.29, 1.82) is 0 Å². The van der Waals surface area contributed by atoms with E-state index >= 15 is 0 Å². The summed E-state index contributed by atoms with van der Waals surface area (Å²) in [6.07, 6.45) is 0. The Bertz CT molecular complexity index is 627. The van der Waals surface area contributed by atoms with Crippen LogP contribution in [0.15, 0.2) is 48.5 Å². The molecule has 5 heteroatoms. The molecule has 0 saturated carbocycles. The lowest BCUT2D eigenvalue weighted by Crippen LogP contribution is -2.43. The van der Waals surface area contributed by atoms with Gasteiger partial charge in [-0.2, -0.15) is 0 Å². The van der Waals surface area contributed by atoms with Gasteiger partial charge in [0.05, 0.1) is 6.54 Å². The quantitative estimate of drug-likeness (QED) is 0.868. The third-order valence-corrected chi connectivity index (χ3v) is 3.51. The number of hydrogen-bond acceptors (Lipinski definition) is 1. The van der Waals surface area contributed by atoms with Gasteiger partial charge in [0.25, 0.3) is 0 Å². The zero-order chi connectivity index (χ0) is 14.2. The van der Waals surface area contributed by atoms with E-state index < -0.39 is 23.2 Å². The maximum atomic E-state index is 14.1. The molecular formula is C15H12F2N2O. The first kappa shape index (κ1) is 12.6. The fourth-order valence-electron chi connectivity index (χ4n) is 2.58. The van der Waals surface area contributed by atoms with Gasteiger partial charge in [-0.25, -0.2) is 13.6 Å². The molecule has 102 valence electrons. The number of rotatable bonds is 2. The molecule has 1 saturated heterocycles. The summed E-state index contributed by atoms with van der Waals surface area (Å²) in [7, 11) is 0. The normalized spacial score (nSPS) is 16.6. The average molecular weight is 274 g/mol. The molecule has 0 spiro atoms. The Hall–Kier alpha value is -2.43. The van der Waals surface area contributed by atoms with Crippen LogP contribution in [-0.2, 0) is 5.54 Å². The van der Waals surface area contributed by atoms with Gasteiger partial charge >= 0.3 is 6.03 Å². The van der Waals surface area contributed by atoms with E-state index in [4.69, 9.17) is 0 Å². The monoisotopic (exact) mass is 274 g/mol. The smallest absolute Gasteiger partial charge is 0.315 e.